The molecule has 0 fully saturated rings. The lowest BCUT2D eigenvalue weighted by Crippen LogP contribution is -2.21. The molecular weight excluding hydrogens is 258 g/mol. The third-order valence-electron chi connectivity index (χ3n) is 2.34. The van der Waals surface area contributed by atoms with Crippen LogP contribution in [0.4, 0.5) is 0 Å². The van der Waals surface area contributed by atoms with Gasteiger partial charge in [0.1, 0.15) is 10.6 Å². The molecule has 0 atom stereocenters. The van der Waals surface area contributed by atoms with Crippen molar-refractivity contribution in [1.82, 2.24) is 9.24 Å². The van der Waals surface area contributed by atoms with Crippen molar-refractivity contribution in [3.63, 3.8) is 0 Å². The summed E-state index contributed by atoms with van der Waals surface area (Å²) < 4.78 is 26.4. The maximum Gasteiger partial charge on any atom is 0.352 e. The Kier molecular flexibility index (Phi) is 2.87. The summed E-state index contributed by atoms with van der Waals surface area (Å²) >= 11 is 0. The van der Waals surface area contributed by atoms with Gasteiger partial charge in [-0.15, -0.1) is 0 Å². The van der Waals surface area contributed by atoms with Crippen molar-refractivity contribution in [3.05, 3.63) is 42.5 Å². The van der Waals surface area contributed by atoms with Crippen molar-refractivity contribution in [1.29, 1.82) is 0 Å². The van der Waals surface area contributed by atoms with E-state index in [1.165, 1.54) is 34.9 Å². The van der Waals surface area contributed by atoms with E-state index in [0.717, 1.165) is 6.07 Å². The molecule has 2 aromatic heterocycles. The quantitative estimate of drug-likeness (QED) is 0.843. The van der Waals surface area contributed by atoms with Crippen LogP contribution in [-0.2, 0) is 17.1 Å². The number of aryl methyl sites for hydroxylation is 1. The highest BCUT2D eigenvalue weighted by Crippen LogP contribution is 2.14. The van der Waals surface area contributed by atoms with Gasteiger partial charge in [-0.25, -0.2) is 9.63 Å². The number of carboxylic acid groups (broad SMARTS) is 1. The first kappa shape index (κ1) is 12.2. The Hall–Kier alpha value is -2.22. The van der Waals surface area contributed by atoms with Gasteiger partial charge in [0.05, 0.1) is 0 Å². The molecular formula is C10H11N3O4S. The number of rotatable bonds is 4. The van der Waals surface area contributed by atoms with Crippen molar-refractivity contribution in [3.8, 4) is 0 Å². The Balaban J connectivity index is 2.36. The number of aromatic nitrogens is 2. The molecule has 0 saturated carbocycles. The Morgan fingerprint density at radius 3 is 2.44 bits per heavy atom. The maximum absolute atomic E-state index is 11.9. The van der Waals surface area contributed by atoms with E-state index in [-0.39, 0.29) is 10.6 Å². The van der Waals surface area contributed by atoms with Gasteiger partial charge in [0, 0.05) is 25.6 Å². The van der Waals surface area contributed by atoms with E-state index in [0.29, 0.717) is 0 Å². The fourth-order valence-corrected chi connectivity index (χ4v) is 2.55. The van der Waals surface area contributed by atoms with Crippen LogP contribution in [0.3, 0.4) is 0 Å². The number of nitrogens with zero attached hydrogens (tertiary/aromatic N) is 2. The topological polar surface area (TPSA) is 93.3 Å². The van der Waals surface area contributed by atoms with Crippen LogP contribution in [0.25, 0.3) is 0 Å². The summed E-state index contributed by atoms with van der Waals surface area (Å²) in [6.07, 6.45) is 4.30. The van der Waals surface area contributed by atoms with E-state index in [9.17, 15) is 13.2 Å². The van der Waals surface area contributed by atoms with Crippen LogP contribution in [-0.4, -0.2) is 28.7 Å². The third-order valence-corrected chi connectivity index (χ3v) is 3.63. The van der Waals surface area contributed by atoms with Crippen LogP contribution in [0.15, 0.2) is 41.7 Å². The van der Waals surface area contributed by atoms with Gasteiger partial charge in [-0.1, -0.05) is 0 Å². The first-order chi connectivity index (χ1) is 8.40. The molecule has 0 spiro atoms. The van der Waals surface area contributed by atoms with E-state index in [2.05, 4.69) is 4.83 Å². The summed E-state index contributed by atoms with van der Waals surface area (Å²) in [5.74, 6) is -1.18. The van der Waals surface area contributed by atoms with E-state index in [1.807, 2.05) is 0 Å². The fraction of sp³-hybridized carbons (Fsp3) is 0.100. The highest BCUT2D eigenvalue weighted by atomic mass is 32.2. The van der Waals surface area contributed by atoms with Gasteiger partial charge in [0.25, 0.3) is 10.0 Å². The predicted octanol–water partition coefficient (Wildman–Crippen LogP) is 0.457. The maximum atomic E-state index is 11.9. The van der Waals surface area contributed by atoms with Crippen molar-refractivity contribution in [2.45, 2.75) is 4.90 Å². The molecule has 0 aliphatic carbocycles. The summed E-state index contributed by atoms with van der Waals surface area (Å²) in [5.41, 5.74) is -0.0946. The van der Waals surface area contributed by atoms with Crippen LogP contribution in [0, 0.1) is 0 Å². The number of carbonyl (C=O) groups is 1. The van der Waals surface area contributed by atoms with Crippen LogP contribution < -0.4 is 4.83 Å². The lowest BCUT2D eigenvalue weighted by atomic mass is 10.4. The van der Waals surface area contributed by atoms with Gasteiger partial charge in [-0.3, -0.25) is 4.68 Å². The molecule has 0 bridgehead atoms. The van der Waals surface area contributed by atoms with Gasteiger partial charge in [-0.05, 0) is 18.2 Å². The molecule has 96 valence electrons. The van der Waals surface area contributed by atoms with Crippen LogP contribution >= 0.6 is 0 Å². The van der Waals surface area contributed by atoms with Gasteiger partial charge in [-0.2, -0.15) is 8.42 Å². The molecule has 0 unspecified atom stereocenters. The molecule has 2 N–H and O–H groups in total. The lowest BCUT2D eigenvalue weighted by molar-refractivity contribution is 0.0686. The average Bonchev–Trinajstić information content (AvgIpc) is 2.86. The average molecular weight is 269 g/mol. The van der Waals surface area contributed by atoms with Crippen molar-refractivity contribution in [2.24, 2.45) is 7.05 Å². The fourth-order valence-electron chi connectivity index (χ4n) is 1.48. The zero-order valence-corrected chi connectivity index (χ0v) is 10.3. The Labute approximate surface area is 103 Å². The normalized spacial score (nSPS) is 11.4. The van der Waals surface area contributed by atoms with E-state index in [4.69, 9.17) is 5.11 Å². The van der Waals surface area contributed by atoms with Crippen molar-refractivity contribution < 1.29 is 18.3 Å². The second-order valence-corrected chi connectivity index (χ2v) is 5.32. The van der Waals surface area contributed by atoms with Crippen molar-refractivity contribution in [2.75, 3.05) is 4.83 Å². The first-order valence-electron chi connectivity index (χ1n) is 4.95. The summed E-state index contributed by atoms with van der Waals surface area (Å²) in [6, 6.07) is 4.43. The molecule has 0 radical (unpaired) electrons. The molecule has 0 saturated heterocycles. The molecule has 2 aromatic rings. The Morgan fingerprint density at radius 1 is 1.33 bits per heavy atom. The minimum Gasteiger partial charge on any atom is -0.477 e. The number of sulfonamides is 1. The number of carboxylic acids is 1. The summed E-state index contributed by atoms with van der Waals surface area (Å²) in [4.78, 5) is 13.0. The minimum absolute atomic E-state index is 0.0946. The molecule has 18 heavy (non-hydrogen) atoms. The SMILES string of the molecule is Cn1cc(S(=O)(=O)Nn2cccc2)cc1C(=O)O. The molecule has 2 heterocycles. The Bertz CT molecular complexity index is 670. The number of aromatic carboxylic acids is 1. The highest BCUT2D eigenvalue weighted by molar-refractivity contribution is 7.92. The van der Waals surface area contributed by atoms with Crippen LogP contribution in [0.5, 0.6) is 0 Å². The van der Waals surface area contributed by atoms with Crippen LogP contribution in [0.2, 0.25) is 0 Å². The van der Waals surface area contributed by atoms with Gasteiger partial charge < -0.3 is 9.67 Å². The number of nitrogens with one attached hydrogen (secondary N) is 1. The lowest BCUT2D eigenvalue weighted by Gasteiger charge is -2.06. The third kappa shape index (κ3) is 2.23. The summed E-state index contributed by atoms with van der Waals surface area (Å²) in [7, 11) is -2.32. The second-order valence-electron chi connectivity index (χ2n) is 3.66. The zero-order valence-electron chi connectivity index (χ0n) is 9.44. The summed E-state index contributed by atoms with van der Waals surface area (Å²) in [5, 5.41) is 8.86. The van der Waals surface area contributed by atoms with E-state index >= 15 is 0 Å². The molecule has 0 aliphatic heterocycles. The zero-order chi connectivity index (χ0) is 13.3. The molecule has 7 nitrogen and oxygen atoms in total. The first-order valence-corrected chi connectivity index (χ1v) is 6.44. The minimum atomic E-state index is -3.79. The monoisotopic (exact) mass is 269 g/mol. The van der Waals surface area contributed by atoms with E-state index in [1.54, 1.807) is 12.1 Å². The Morgan fingerprint density at radius 2 is 1.94 bits per heavy atom. The smallest absolute Gasteiger partial charge is 0.352 e. The molecule has 0 amide bonds. The molecule has 0 aliphatic rings. The predicted molar refractivity (Wildman–Crippen MR) is 63.4 cm³/mol. The van der Waals surface area contributed by atoms with Crippen molar-refractivity contribution >= 4 is 16.0 Å². The second kappa shape index (κ2) is 4.22. The van der Waals surface area contributed by atoms with Gasteiger partial charge in [0.15, 0.2) is 0 Å². The van der Waals surface area contributed by atoms with E-state index < -0.39 is 16.0 Å². The standard InChI is InChI=1S/C10H11N3O4S/c1-12-7-8(6-9(12)10(14)15)18(16,17)11-13-4-2-3-5-13/h2-7,11H,1H3,(H,14,15). The van der Waals surface area contributed by atoms with Crippen LogP contribution in [0.1, 0.15) is 10.5 Å². The number of hydrogen-bond acceptors (Lipinski definition) is 3. The summed E-state index contributed by atoms with van der Waals surface area (Å²) in [6.45, 7) is 0. The van der Waals surface area contributed by atoms with Gasteiger partial charge in [0.2, 0.25) is 0 Å². The largest absolute Gasteiger partial charge is 0.477 e. The molecule has 8 heteroatoms. The molecule has 2 rings (SSSR count). The van der Waals surface area contributed by atoms with Gasteiger partial charge >= 0.3 is 5.97 Å². The number of hydrogen-bond donors (Lipinski definition) is 2. The highest BCUT2D eigenvalue weighted by Gasteiger charge is 2.20. The molecule has 0 aromatic carbocycles.